The largest absolute Gasteiger partial charge is 1.00 e. The molecule has 0 unspecified atom stereocenters. The van der Waals surface area contributed by atoms with Crippen LogP contribution in [0.2, 0.25) is 0 Å². The fraction of sp³-hybridized carbons (Fsp3) is 0. The van der Waals surface area contributed by atoms with Crippen molar-refractivity contribution < 1.29 is 98.2 Å². The fourth-order valence-electron chi connectivity index (χ4n) is 0. The monoisotopic (exact) mass is 232 g/mol. The van der Waals surface area contributed by atoms with Crippen LogP contribution in [0, 0.1) is 0 Å². The van der Waals surface area contributed by atoms with Gasteiger partial charge in [-0.1, -0.05) is 0 Å². The van der Waals surface area contributed by atoms with E-state index in [1.807, 2.05) is 0 Å². The van der Waals surface area contributed by atoms with Crippen LogP contribution in [-0.2, 0) is 14.2 Å². The van der Waals surface area contributed by atoms with Crippen molar-refractivity contribution in [2.45, 2.75) is 0 Å². The summed E-state index contributed by atoms with van der Waals surface area (Å²) in [7, 11) is -4.89. The van der Waals surface area contributed by atoms with Crippen LogP contribution in [0.25, 0.3) is 0 Å². The van der Waals surface area contributed by atoms with Crippen molar-refractivity contribution >= 4 is 19.8 Å². The van der Waals surface area contributed by atoms with E-state index < -0.39 is 19.8 Å². The number of carboxylic acid groups (broad SMARTS) is 2. The van der Waals surface area contributed by atoms with E-state index in [1.54, 1.807) is 0 Å². The molecule has 0 aliphatic heterocycles. The number of rotatable bonds is 0. The Morgan fingerprint density at radius 1 is 1.15 bits per heavy atom. The van der Waals surface area contributed by atoms with Gasteiger partial charge < -0.3 is 29.7 Å². The molecule has 0 amide bonds. The van der Waals surface area contributed by atoms with E-state index >= 15 is 0 Å². The minimum Gasteiger partial charge on any atom is -0.756 e. The number of hydrogen-bond donors (Lipinski definition) is 3. The third-order valence-electron chi connectivity index (χ3n) is 0.175. The average molecular weight is 232 g/mol. The number of carbonyl (C=O) groups excluding carboxylic acids is 1. The Kier molecular flexibility index (Phi) is 20.3. The normalized spacial score (nSPS) is 7.92. The van der Waals surface area contributed by atoms with Crippen LogP contribution in [0.1, 0.15) is 0 Å². The first-order valence-corrected chi connectivity index (χ1v) is 3.38. The van der Waals surface area contributed by atoms with Crippen LogP contribution in [0.3, 0.4) is 0 Å². The second-order valence-electron chi connectivity index (χ2n) is 1.08. The van der Waals surface area contributed by atoms with Crippen molar-refractivity contribution in [1.29, 1.82) is 0 Å². The second-order valence-corrected chi connectivity index (χ2v) is 2.06. The van der Waals surface area contributed by atoms with Crippen LogP contribution in [-0.4, -0.2) is 26.8 Å². The van der Waals surface area contributed by atoms with Crippen molar-refractivity contribution in [3.8, 4) is 0 Å². The zero-order valence-electron chi connectivity index (χ0n) is 6.83. The molecule has 0 saturated heterocycles. The van der Waals surface area contributed by atoms with E-state index in [-0.39, 0.29) is 59.1 Å². The number of carbonyl (C=O) groups is 2. The number of aliphatic carboxylic acids is 2. The van der Waals surface area contributed by atoms with Crippen LogP contribution >= 0.6 is 7.82 Å². The van der Waals surface area contributed by atoms with Crippen LogP contribution in [0.15, 0.2) is 0 Å². The third-order valence-corrected chi connectivity index (χ3v) is 0.175. The van der Waals surface area contributed by atoms with Gasteiger partial charge in [-0.05, 0) is 0 Å². The molecule has 8 nitrogen and oxygen atoms in total. The Labute approximate surface area is 117 Å². The minimum atomic E-state index is -4.89. The quantitative estimate of drug-likeness (QED) is 0.211. The molecule has 0 spiro atoms. The van der Waals surface area contributed by atoms with E-state index in [1.165, 1.54) is 0 Å². The Morgan fingerprint density at radius 2 is 1.23 bits per heavy atom. The molecular formula is C2H3Na2O8P. The van der Waals surface area contributed by atoms with Gasteiger partial charge in [-0.15, -0.1) is 0 Å². The first-order valence-electron chi connectivity index (χ1n) is 1.85. The van der Waals surface area contributed by atoms with E-state index in [9.17, 15) is 0 Å². The number of carboxylic acids is 2. The molecule has 0 radical (unpaired) electrons. The van der Waals surface area contributed by atoms with Crippen molar-refractivity contribution in [2.75, 3.05) is 0 Å². The van der Waals surface area contributed by atoms with E-state index in [2.05, 4.69) is 0 Å². The van der Waals surface area contributed by atoms with Gasteiger partial charge >= 0.3 is 65.1 Å². The zero-order chi connectivity index (χ0) is 9.65. The zero-order valence-corrected chi connectivity index (χ0v) is 11.7. The smallest absolute Gasteiger partial charge is 0.756 e. The summed E-state index contributed by atoms with van der Waals surface area (Å²) >= 11 is 0. The molecule has 0 fully saturated rings. The summed E-state index contributed by atoms with van der Waals surface area (Å²) in [6.07, 6.45) is 0. The molecule has 0 aromatic rings. The van der Waals surface area contributed by atoms with Gasteiger partial charge in [-0.3, -0.25) is 4.57 Å². The predicted octanol–water partition coefficient (Wildman–Crippen LogP) is -9.73. The summed E-state index contributed by atoms with van der Waals surface area (Å²) in [5, 5.41) is 16.3. The summed E-state index contributed by atoms with van der Waals surface area (Å²) in [4.78, 5) is 40.9. The molecular weight excluding hydrogens is 229 g/mol. The first-order chi connectivity index (χ1) is 4.64. The molecule has 0 bridgehead atoms. The maximum atomic E-state index is 9.04. The summed E-state index contributed by atoms with van der Waals surface area (Å²) < 4.78 is 8.77. The molecule has 0 aliphatic carbocycles. The van der Waals surface area contributed by atoms with Gasteiger partial charge in [0.05, 0.1) is 0 Å². The van der Waals surface area contributed by atoms with Gasteiger partial charge in [0, 0.05) is 0 Å². The summed E-state index contributed by atoms with van der Waals surface area (Å²) in [6.45, 7) is 0. The topological polar surface area (TPSA) is 158 Å². The van der Waals surface area contributed by atoms with Crippen LogP contribution < -0.4 is 69.1 Å². The van der Waals surface area contributed by atoms with E-state index in [0.29, 0.717) is 0 Å². The molecule has 0 rings (SSSR count). The molecule has 13 heavy (non-hydrogen) atoms. The maximum Gasteiger partial charge on any atom is 1.00 e. The van der Waals surface area contributed by atoms with Gasteiger partial charge in [-0.25, -0.2) is 4.79 Å². The molecule has 0 heterocycles. The maximum absolute atomic E-state index is 9.04. The predicted molar refractivity (Wildman–Crippen MR) is 24.7 cm³/mol. The molecule has 11 heteroatoms. The van der Waals surface area contributed by atoms with Gasteiger partial charge in [0.15, 0.2) is 5.97 Å². The summed E-state index contributed by atoms with van der Waals surface area (Å²) in [5.41, 5.74) is 0. The molecule has 3 N–H and O–H groups in total. The van der Waals surface area contributed by atoms with E-state index in [0.717, 1.165) is 0 Å². The van der Waals surface area contributed by atoms with Crippen molar-refractivity contribution in [3.05, 3.63) is 0 Å². The molecule has 0 atom stereocenters. The first kappa shape index (κ1) is 23.7. The Bertz CT molecular complexity index is 176. The Balaban J connectivity index is -0.0000000546. The molecule has 0 aliphatic rings. The molecule has 0 aromatic heterocycles. The standard InChI is InChI=1S/C2H2O4.2Na.H3O4P/c3-1(4)2(5)6;;;1-5(2,3)4/h(H,3,4)(H,5,6);;;(H3,1,2,3,4)/q;2*+1;/p-2. The number of phosphoric acid groups is 1. The van der Waals surface area contributed by atoms with Gasteiger partial charge in [-0.2, -0.15) is 0 Å². The molecule has 0 saturated carbocycles. The summed E-state index contributed by atoms with van der Waals surface area (Å²) in [6, 6.07) is 0. The Morgan fingerprint density at radius 3 is 1.23 bits per heavy atom. The SMILES string of the molecule is O=C([O-])C(=O)O.O=P([O-])(O)O.[Na+].[Na+]. The van der Waals surface area contributed by atoms with Crippen molar-refractivity contribution in [2.24, 2.45) is 0 Å². The van der Waals surface area contributed by atoms with Gasteiger partial charge in [0.1, 0.15) is 0 Å². The minimum absolute atomic E-state index is 0. The number of hydrogen-bond acceptors (Lipinski definition) is 5. The van der Waals surface area contributed by atoms with E-state index in [4.69, 9.17) is 39.0 Å². The van der Waals surface area contributed by atoms with Crippen LogP contribution in [0.4, 0.5) is 0 Å². The van der Waals surface area contributed by atoms with Crippen molar-refractivity contribution in [3.63, 3.8) is 0 Å². The van der Waals surface area contributed by atoms with Gasteiger partial charge in [0.25, 0.3) is 7.82 Å². The average Bonchev–Trinajstić information content (AvgIpc) is 1.59. The Hall–Kier alpha value is 1.05. The third kappa shape index (κ3) is 62.5. The van der Waals surface area contributed by atoms with Gasteiger partial charge in [0.2, 0.25) is 0 Å². The fourth-order valence-corrected chi connectivity index (χ4v) is 0. The molecule has 66 valence electrons. The van der Waals surface area contributed by atoms with Crippen LogP contribution in [0.5, 0.6) is 0 Å². The van der Waals surface area contributed by atoms with Crippen molar-refractivity contribution in [1.82, 2.24) is 0 Å². The second kappa shape index (κ2) is 11.1. The summed E-state index contributed by atoms with van der Waals surface area (Å²) in [5.74, 6) is -4.01. The molecule has 0 aromatic carbocycles.